The lowest BCUT2D eigenvalue weighted by atomic mass is 10.0. The van der Waals surface area contributed by atoms with E-state index in [2.05, 4.69) is 62.5 Å². The maximum absolute atomic E-state index is 12.7. The first-order chi connectivity index (χ1) is 28.6. The molecule has 0 aliphatic rings. The number of hydrogen-bond acceptors (Lipinski definition) is 6. The van der Waals surface area contributed by atoms with Crippen LogP contribution in [-0.4, -0.2) is 75.6 Å². The number of quaternary nitrogens is 1. The van der Waals surface area contributed by atoms with Crippen molar-refractivity contribution in [3.05, 3.63) is 48.6 Å². The zero-order chi connectivity index (χ0) is 43.4. The second-order valence-corrected chi connectivity index (χ2v) is 18.9. The molecular weight excluding hydrogens is 758 g/mol. The number of phosphoric ester groups is 1. The van der Waals surface area contributed by atoms with Crippen molar-refractivity contribution in [2.24, 2.45) is 0 Å². The number of allylic oxidation sites excluding steroid dienone is 8. The molecule has 0 aliphatic carbocycles. The highest BCUT2D eigenvalue weighted by molar-refractivity contribution is 7.47. The maximum atomic E-state index is 12.7. The average Bonchev–Trinajstić information content (AvgIpc) is 3.19. The Kier molecular flexibility index (Phi) is 42.0. The molecule has 0 amide bonds. The molecule has 9 heteroatoms. The lowest BCUT2D eigenvalue weighted by Gasteiger charge is -2.24. The highest BCUT2D eigenvalue weighted by Crippen LogP contribution is 2.43. The van der Waals surface area contributed by atoms with E-state index in [1.807, 2.05) is 21.1 Å². The van der Waals surface area contributed by atoms with Crippen molar-refractivity contribution >= 4 is 13.8 Å². The normalized spacial score (nSPS) is 14.1. The van der Waals surface area contributed by atoms with Crippen molar-refractivity contribution in [3.8, 4) is 0 Å². The lowest BCUT2D eigenvalue weighted by Crippen LogP contribution is -2.37. The Morgan fingerprint density at radius 2 is 0.966 bits per heavy atom. The molecule has 0 aromatic heterocycles. The van der Waals surface area contributed by atoms with E-state index in [4.69, 9.17) is 18.5 Å². The van der Waals surface area contributed by atoms with Gasteiger partial charge in [0.25, 0.3) is 0 Å². The van der Waals surface area contributed by atoms with E-state index in [1.165, 1.54) is 135 Å². The second kappa shape index (κ2) is 43.1. The van der Waals surface area contributed by atoms with Crippen LogP contribution in [-0.2, 0) is 27.9 Å². The van der Waals surface area contributed by atoms with E-state index >= 15 is 0 Å². The molecule has 0 rings (SSSR count). The van der Waals surface area contributed by atoms with Crippen LogP contribution in [0.15, 0.2) is 48.6 Å². The Morgan fingerprint density at radius 1 is 0.525 bits per heavy atom. The summed E-state index contributed by atoms with van der Waals surface area (Å²) in [5, 5.41) is 0. The quantitative estimate of drug-likeness (QED) is 0.0214. The monoisotopic (exact) mass is 853 g/mol. The van der Waals surface area contributed by atoms with Gasteiger partial charge in [-0.2, -0.15) is 0 Å². The van der Waals surface area contributed by atoms with Gasteiger partial charge in [0.15, 0.2) is 0 Å². The van der Waals surface area contributed by atoms with Gasteiger partial charge in [0.05, 0.1) is 34.4 Å². The summed E-state index contributed by atoms with van der Waals surface area (Å²) in [6.07, 6.45) is 52.9. The van der Waals surface area contributed by atoms with Crippen LogP contribution in [0.3, 0.4) is 0 Å². The molecule has 346 valence electrons. The average molecular weight is 853 g/mol. The number of phosphoric acid groups is 1. The van der Waals surface area contributed by atoms with Gasteiger partial charge < -0.3 is 18.9 Å². The summed E-state index contributed by atoms with van der Waals surface area (Å²) in [5.41, 5.74) is 0. The summed E-state index contributed by atoms with van der Waals surface area (Å²) < 4.78 is 35.1. The molecule has 0 saturated carbocycles. The number of carbonyl (C=O) groups is 1. The Hall–Kier alpha value is -1.54. The van der Waals surface area contributed by atoms with Gasteiger partial charge in [-0.05, 0) is 70.6 Å². The molecule has 2 unspecified atom stereocenters. The lowest BCUT2D eigenvalue weighted by molar-refractivity contribution is -0.870. The Morgan fingerprint density at radius 3 is 1.44 bits per heavy atom. The van der Waals surface area contributed by atoms with Gasteiger partial charge in [-0.15, -0.1) is 0 Å². The van der Waals surface area contributed by atoms with Crippen molar-refractivity contribution in [1.82, 2.24) is 0 Å². The topological polar surface area (TPSA) is 91.3 Å². The second-order valence-electron chi connectivity index (χ2n) is 17.5. The van der Waals surface area contributed by atoms with Gasteiger partial charge in [-0.3, -0.25) is 13.8 Å². The standard InChI is InChI=1S/C50H94NO7P/c1-6-8-10-12-14-16-18-20-22-23-24-25-26-27-28-29-30-31-33-35-37-39-41-43-50(52)58-49(48-57-59(53,54)56-46-44-51(3,4)5)47-55-45-42-40-38-36-34-32-21-19-17-15-13-11-9-7-2/h11,13,17-20,23-24,49H,6-10,12,14-16,21-22,25-48H2,1-5H3/p+1/b13-11-,19-17-,20-18-,24-23-. The third-order valence-corrected chi connectivity index (χ3v) is 11.3. The van der Waals surface area contributed by atoms with Gasteiger partial charge in [-0.25, -0.2) is 4.57 Å². The Balaban J connectivity index is 4.14. The molecule has 0 aromatic rings. The first-order valence-corrected chi connectivity index (χ1v) is 25.9. The number of hydrogen-bond donors (Lipinski definition) is 1. The predicted molar refractivity (Wildman–Crippen MR) is 252 cm³/mol. The summed E-state index contributed by atoms with van der Waals surface area (Å²) >= 11 is 0. The van der Waals surface area contributed by atoms with E-state index in [0.717, 1.165) is 51.4 Å². The van der Waals surface area contributed by atoms with Gasteiger partial charge >= 0.3 is 13.8 Å². The molecule has 0 bridgehead atoms. The number of nitrogens with zero attached hydrogens (tertiary/aromatic N) is 1. The minimum Gasteiger partial charge on any atom is -0.457 e. The van der Waals surface area contributed by atoms with Crippen LogP contribution in [0.1, 0.15) is 206 Å². The zero-order valence-electron chi connectivity index (χ0n) is 39.2. The summed E-state index contributed by atoms with van der Waals surface area (Å²) in [6.45, 7) is 5.54. The van der Waals surface area contributed by atoms with Crippen LogP contribution in [0.25, 0.3) is 0 Å². The summed E-state index contributed by atoms with van der Waals surface area (Å²) in [5.74, 6) is -0.320. The third kappa shape index (κ3) is 47.4. The van der Waals surface area contributed by atoms with Gasteiger partial charge in [-0.1, -0.05) is 178 Å². The van der Waals surface area contributed by atoms with Crippen molar-refractivity contribution in [3.63, 3.8) is 0 Å². The number of likely N-dealkylation sites (N-methyl/N-ethyl adjacent to an activating group) is 1. The van der Waals surface area contributed by atoms with Gasteiger partial charge in [0.1, 0.15) is 19.3 Å². The van der Waals surface area contributed by atoms with Gasteiger partial charge in [0, 0.05) is 13.0 Å². The first kappa shape index (κ1) is 57.5. The Bertz CT molecular complexity index is 1080. The molecule has 0 aromatic carbocycles. The largest absolute Gasteiger partial charge is 0.472 e. The highest BCUT2D eigenvalue weighted by atomic mass is 31.2. The van der Waals surface area contributed by atoms with Crippen molar-refractivity contribution in [2.75, 3.05) is 54.1 Å². The molecule has 0 aliphatic heterocycles. The number of rotatable bonds is 45. The number of ether oxygens (including phenoxy) is 2. The van der Waals surface area contributed by atoms with E-state index in [9.17, 15) is 14.3 Å². The molecule has 1 N–H and O–H groups in total. The first-order valence-electron chi connectivity index (χ1n) is 24.4. The van der Waals surface area contributed by atoms with Crippen LogP contribution in [0.5, 0.6) is 0 Å². The van der Waals surface area contributed by atoms with Crippen molar-refractivity contribution in [2.45, 2.75) is 213 Å². The fourth-order valence-electron chi connectivity index (χ4n) is 6.56. The van der Waals surface area contributed by atoms with E-state index < -0.39 is 13.9 Å². The SMILES string of the molecule is CCC/C=C\C/C=C\CCCCCCCCOCC(COP(=O)(O)OCC[N+](C)(C)C)OC(=O)CCCCCCCCCCCCC/C=C\C/C=C\CCCCCCC. The fourth-order valence-corrected chi connectivity index (χ4v) is 7.30. The molecule has 0 saturated heterocycles. The van der Waals surface area contributed by atoms with E-state index in [0.29, 0.717) is 24.1 Å². The summed E-state index contributed by atoms with van der Waals surface area (Å²) in [4.78, 5) is 23.0. The molecule has 0 heterocycles. The maximum Gasteiger partial charge on any atom is 0.472 e. The van der Waals surface area contributed by atoms with Crippen LogP contribution in [0.2, 0.25) is 0 Å². The zero-order valence-corrected chi connectivity index (χ0v) is 40.1. The summed E-state index contributed by atoms with van der Waals surface area (Å²) in [7, 11) is 1.66. The van der Waals surface area contributed by atoms with Crippen molar-refractivity contribution in [1.29, 1.82) is 0 Å². The molecule has 59 heavy (non-hydrogen) atoms. The highest BCUT2D eigenvalue weighted by Gasteiger charge is 2.26. The third-order valence-electron chi connectivity index (χ3n) is 10.3. The number of carbonyl (C=O) groups excluding carboxylic acids is 1. The van der Waals surface area contributed by atoms with Crippen LogP contribution >= 0.6 is 7.82 Å². The number of unbranched alkanes of at least 4 members (excludes halogenated alkanes) is 23. The molecule has 0 fully saturated rings. The molecule has 0 spiro atoms. The van der Waals surface area contributed by atoms with Crippen LogP contribution < -0.4 is 0 Å². The van der Waals surface area contributed by atoms with E-state index in [-0.39, 0.29) is 25.8 Å². The van der Waals surface area contributed by atoms with E-state index in [1.54, 1.807) is 0 Å². The number of esters is 1. The molecule has 0 radical (unpaired) electrons. The smallest absolute Gasteiger partial charge is 0.457 e. The van der Waals surface area contributed by atoms with Crippen LogP contribution in [0.4, 0.5) is 0 Å². The van der Waals surface area contributed by atoms with Crippen LogP contribution in [0, 0.1) is 0 Å². The minimum absolute atomic E-state index is 0.0850. The predicted octanol–water partition coefficient (Wildman–Crippen LogP) is 14.7. The molecular formula is C50H95NO7P+. The Labute approximate surface area is 365 Å². The molecule has 2 atom stereocenters. The van der Waals surface area contributed by atoms with Crippen molar-refractivity contribution < 1.29 is 37.3 Å². The van der Waals surface area contributed by atoms with Gasteiger partial charge in [0.2, 0.25) is 0 Å². The molecule has 8 nitrogen and oxygen atoms in total. The summed E-state index contributed by atoms with van der Waals surface area (Å²) in [6, 6.07) is 0. The minimum atomic E-state index is -4.28. The fraction of sp³-hybridized carbons (Fsp3) is 0.820.